The average Bonchev–Trinajstić information content (AvgIpc) is 1.97. The molecule has 1 rings (SSSR count). The minimum atomic E-state index is 0.545. The third kappa shape index (κ3) is 1.82. The van der Waals surface area contributed by atoms with Gasteiger partial charge in [0.15, 0.2) is 0 Å². The molecule has 0 aliphatic carbocycles. The van der Waals surface area contributed by atoms with Crippen LogP contribution in [0.25, 0.3) is 0 Å². The van der Waals surface area contributed by atoms with Gasteiger partial charge in [-0.25, -0.2) is 0 Å². The fourth-order valence-corrected chi connectivity index (χ4v) is 1.25. The van der Waals surface area contributed by atoms with Gasteiger partial charge in [-0.15, -0.1) is 0 Å². The number of ether oxygens (including phenoxy) is 1. The Kier molecular flexibility index (Phi) is 2.69. The quantitative estimate of drug-likeness (QED) is 0.604. The number of rotatable bonds is 1. The molecule has 1 aromatic rings. The molecule has 0 aliphatic heterocycles. The first-order chi connectivity index (χ1) is 5.15. The van der Waals surface area contributed by atoms with Crippen LogP contribution in [0.5, 0.6) is 5.75 Å². The van der Waals surface area contributed by atoms with E-state index in [4.69, 9.17) is 27.9 Å². The van der Waals surface area contributed by atoms with Crippen molar-refractivity contribution >= 4 is 36.5 Å². The molecule has 0 radical (unpaired) electrons. The molecule has 0 N–H and O–H groups in total. The lowest BCUT2D eigenvalue weighted by Gasteiger charge is -2.04. The van der Waals surface area contributed by atoms with Gasteiger partial charge in [-0.05, 0) is 12.1 Å². The lowest BCUT2D eigenvalue weighted by Crippen LogP contribution is -2.04. The van der Waals surface area contributed by atoms with Gasteiger partial charge in [0, 0.05) is 5.02 Å². The van der Waals surface area contributed by atoms with E-state index in [9.17, 15) is 0 Å². The Labute approximate surface area is 76.7 Å². The van der Waals surface area contributed by atoms with Gasteiger partial charge in [-0.3, -0.25) is 0 Å². The van der Waals surface area contributed by atoms with Crippen LogP contribution in [-0.2, 0) is 0 Å². The molecule has 0 heterocycles. The SMILES string of the molecule is Bc1cc(OC)c(Cl)cc1Cl. The smallest absolute Gasteiger partial charge is 0.141 e. The second kappa shape index (κ2) is 3.37. The summed E-state index contributed by atoms with van der Waals surface area (Å²) < 4.78 is 4.99. The number of hydrogen-bond donors (Lipinski definition) is 0. The van der Waals surface area contributed by atoms with Gasteiger partial charge in [-0.2, -0.15) is 0 Å². The van der Waals surface area contributed by atoms with Gasteiger partial charge in [0.1, 0.15) is 13.6 Å². The zero-order chi connectivity index (χ0) is 8.43. The first-order valence-electron chi connectivity index (χ1n) is 3.15. The maximum Gasteiger partial charge on any atom is 0.141 e. The number of hydrogen-bond acceptors (Lipinski definition) is 1. The third-order valence-corrected chi connectivity index (χ3v) is 2.14. The second-order valence-electron chi connectivity index (χ2n) is 2.24. The van der Waals surface area contributed by atoms with Gasteiger partial charge in [-0.1, -0.05) is 28.7 Å². The molecule has 1 aromatic carbocycles. The van der Waals surface area contributed by atoms with E-state index in [2.05, 4.69) is 0 Å². The number of halogens is 2. The average molecular weight is 189 g/mol. The predicted octanol–water partition coefficient (Wildman–Crippen LogP) is 1.26. The summed E-state index contributed by atoms with van der Waals surface area (Å²) in [6.45, 7) is 0. The Balaban J connectivity index is 3.21. The fourth-order valence-electron chi connectivity index (χ4n) is 0.787. The second-order valence-corrected chi connectivity index (χ2v) is 3.05. The van der Waals surface area contributed by atoms with E-state index in [-0.39, 0.29) is 0 Å². The van der Waals surface area contributed by atoms with Gasteiger partial charge in [0.25, 0.3) is 0 Å². The topological polar surface area (TPSA) is 9.23 Å². The highest BCUT2D eigenvalue weighted by Crippen LogP contribution is 2.25. The summed E-state index contributed by atoms with van der Waals surface area (Å²) in [4.78, 5) is 0. The van der Waals surface area contributed by atoms with Crippen molar-refractivity contribution in [3.63, 3.8) is 0 Å². The summed E-state index contributed by atoms with van der Waals surface area (Å²) >= 11 is 11.6. The highest BCUT2D eigenvalue weighted by molar-refractivity contribution is 6.46. The van der Waals surface area contributed by atoms with E-state index in [0.29, 0.717) is 15.8 Å². The molecule has 0 bridgehead atoms. The molecule has 0 atom stereocenters. The van der Waals surface area contributed by atoms with Crippen LogP contribution in [0, 0.1) is 0 Å². The van der Waals surface area contributed by atoms with Gasteiger partial charge in [0.2, 0.25) is 0 Å². The monoisotopic (exact) mass is 188 g/mol. The number of methoxy groups -OCH3 is 1. The van der Waals surface area contributed by atoms with Gasteiger partial charge < -0.3 is 4.74 Å². The largest absolute Gasteiger partial charge is 0.495 e. The zero-order valence-corrected chi connectivity index (χ0v) is 7.83. The minimum absolute atomic E-state index is 0.545. The van der Waals surface area contributed by atoms with Crippen LogP contribution >= 0.6 is 23.2 Å². The molecule has 0 aliphatic rings. The van der Waals surface area contributed by atoms with E-state index in [1.807, 2.05) is 13.9 Å². The van der Waals surface area contributed by atoms with Crippen LogP contribution in [0.4, 0.5) is 0 Å². The van der Waals surface area contributed by atoms with Crippen LogP contribution in [-0.4, -0.2) is 15.0 Å². The summed E-state index contributed by atoms with van der Waals surface area (Å²) in [6, 6.07) is 3.49. The van der Waals surface area contributed by atoms with Gasteiger partial charge in [0.05, 0.1) is 12.1 Å². The molecule has 0 amide bonds. The standard InChI is InChI=1S/C7H7BCl2O/c1-11-7-2-4(8)5(9)3-6(7)10/h2-3H,8H2,1H3. The summed E-state index contributed by atoms with van der Waals surface area (Å²) in [5.41, 5.74) is 0.966. The van der Waals surface area contributed by atoms with E-state index in [0.717, 1.165) is 5.46 Å². The number of benzene rings is 1. The van der Waals surface area contributed by atoms with Crippen molar-refractivity contribution in [3.8, 4) is 5.75 Å². The van der Waals surface area contributed by atoms with E-state index in [1.54, 1.807) is 13.2 Å². The third-order valence-electron chi connectivity index (χ3n) is 1.43. The van der Waals surface area contributed by atoms with Crippen molar-refractivity contribution < 1.29 is 4.74 Å². The van der Waals surface area contributed by atoms with Crippen LogP contribution in [0.1, 0.15) is 0 Å². The van der Waals surface area contributed by atoms with Gasteiger partial charge >= 0.3 is 0 Å². The first kappa shape index (κ1) is 8.76. The van der Waals surface area contributed by atoms with E-state index in [1.165, 1.54) is 0 Å². The lowest BCUT2D eigenvalue weighted by atomic mass is 9.96. The Morgan fingerprint density at radius 3 is 2.45 bits per heavy atom. The highest BCUT2D eigenvalue weighted by atomic mass is 35.5. The Morgan fingerprint density at radius 2 is 1.91 bits per heavy atom. The van der Waals surface area contributed by atoms with Crippen molar-refractivity contribution in [2.75, 3.05) is 7.11 Å². The molecule has 0 saturated carbocycles. The molecule has 0 spiro atoms. The van der Waals surface area contributed by atoms with Crippen molar-refractivity contribution in [2.45, 2.75) is 0 Å². The molecular formula is C7H7BCl2O. The predicted molar refractivity (Wildman–Crippen MR) is 51.2 cm³/mol. The Morgan fingerprint density at radius 1 is 1.27 bits per heavy atom. The molecule has 0 fully saturated rings. The summed E-state index contributed by atoms with van der Waals surface area (Å²) in [5.74, 6) is 0.661. The molecule has 11 heavy (non-hydrogen) atoms. The van der Waals surface area contributed by atoms with Crippen molar-refractivity contribution in [3.05, 3.63) is 22.2 Å². The molecule has 1 nitrogen and oxygen atoms in total. The molecule has 4 heteroatoms. The maximum absolute atomic E-state index is 5.80. The summed E-state index contributed by atoms with van der Waals surface area (Å²) in [6.07, 6.45) is 0. The lowest BCUT2D eigenvalue weighted by molar-refractivity contribution is 0.415. The molecule has 0 aromatic heterocycles. The van der Waals surface area contributed by atoms with Crippen LogP contribution in [0.3, 0.4) is 0 Å². The Hall–Kier alpha value is -0.335. The maximum atomic E-state index is 5.80. The van der Waals surface area contributed by atoms with Crippen LogP contribution < -0.4 is 10.2 Å². The van der Waals surface area contributed by atoms with Crippen molar-refractivity contribution in [2.24, 2.45) is 0 Å². The molecule has 0 saturated heterocycles. The molecular weight excluding hydrogens is 182 g/mol. The van der Waals surface area contributed by atoms with E-state index >= 15 is 0 Å². The molecule has 58 valence electrons. The van der Waals surface area contributed by atoms with Crippen LogP contribution in [0.2, 0.25) is 10.0 Å². The highest BCUT2D eigenvalue weighted by Gasteiger charge is 2.02. The van der Waals surface area contributed by atoms with Crippen molar-refractivity contribution in [1.29, 1.82) is 0 Å². The fraction of sp³-hybridized carbons (Fsp3) is 0.143. The van der Waals surface area contributed by atoms with Crippen molar-refractivity contribution in [1.82, 2.24) is 0 Å². The molecule has 0 unspecified atom stereocenters. The van der Waals surface area contributed by atoms with E-state index < -0.39 is 0 Å². The first-order valence-corrected chi connectivity index (χ1v) is 3.90. The summed E-state index contributed by atoms with van der Waals surface area (Å²) in [7, 11) is 3.48. The van der Waals surface area contributed by atoms with Crippen LogP contribution in [0.15, 0.2) is 12.1 Å². The normalized spacial score (nSPS) is 9.73. The minimum Gasteiger partial charge on any atom is -0.495 e. The Bertz CT molecular complexity index is 275. The zero-order valence-electron chi connectivity index (χ0n) is 6.32. The summed E-state index contributed by atoms with van der Waals surface area (Å²) in [5, 5.41) is 1.21.